The zero-order chi connectivity index (χ0) is 25.8. The van der Waals surface area contributed by atoms with Crippen LogP contribution in [0.25, 0.3) is 16.8 Å². The molecule has 3 amide bonds. The smallest absolute Gasteiger partial charge is 0.274 e. The summed E-state index contributed by atoms with van der Waals surface area (Å²) in [7, 11) is 0. The Morgan fingerprint density at radius 2 is 1.76 bits per heavy atom. The minimum Gasteiger partial charge on any atom is -0.493 e. The SMILES string of the molecule is O=C(NO)c1ccc(C=C(CCOc2cccc3ccccc23)C(=O)N2CC3CC=CCC3C2=O)cc1. The summed E-state index contributed by atoms with van der Waals surface area (Å²) in [6.07, 6.45) is 7.62. The van der Waals surface area contributed by atoms with Gasteiger partial charge in [-0.1, -0.05) is 60.7 Å². The lowest BCUT2D eigenvalue weighted by molar-refractivity contribution is -0.141. The third-order valence-corrected chi connectivity index (χ3v) is 7.08. The van der Waals surface area contributed by atoms with E-state index in [0.717, 1.165) is 22.9 Å². The van der Waals surface area contributed by atoms with Gasteiger partial charge in [0, 0.05) is 35.4 Å². The number of nitrogens with one attached hydrogen (secondary N) is 1. The van der Waals surface area contributed by atoms with Gasteiger partial charge in [-0.05, 0) is 54.0 Å². The minimum absolute atomic E-state index is 0.116. The van der Waals surface area contributed by atoms with Crippen LogP contribution in [-0.2, 0) is 9.59 Å². The number of allylic oxidation sites excluding steroid dienone is 2. The van der Waals surface area contributed by atoms with Gasteiger partial charge in [-0.15, -0.1) is 0 Å². The summed E-state index contributed by atoms with van der Waals surface area (Å²) in [6.45, 7) is 0.677. The van der Waals surface area contributed by atoms with Gasteiger partial charge < -0.3 is 4.74 Å². The molecule has 2 aliphatic rings. The first-order valence-corrected chi connectivity index (χ1v) is 12.4. The van der Waals surface area contributed by atoms with Gasteiger partial charge in [0.05, 0.1) is 6.61 Å². The van der Waals surface area contributed by atoms with Gasteiger partial charge in [-0.3, -0.25) is 24.5 Å². The monoisotopic (exact) mass is 496 g/mol. The van der Waals surface area contributed by atoms with Crippen molar-refractivity contribution in [2.45, 2.75) is 19.3 Å². The zero-order valence-corrected chi connectivity index (χ0v) is 20.3. The van der Waals surface area contributed by atoms with Crippen LogP contribution in [0.15, 0.2) is 84.5 Å². The number of ether oxygens (including phenoxy) is 1. The van der Waals surface area contributed by atoms with E-state index in [-0.39, 0.29) is 35.8 Å². The van der Waals surface area contributed by atoms with Gasteiger partial charge >= 0.3 is 0 Å². The Bertz CT molecular complexity index is 1390. The molecule has 0 spiro atoms. The summed E-state index contributed by atoms with van der Waals surface area (Å²) in [5.74, 6) is -0.287. The van der Waals surface area contributed by atoms with Crippen molar-refractivity contribution in [2.75, 3.05) is 13.2 Å². The summed E-state index contributed by atoms with van der Waals surface area (Å²) in [6, 6.07) is 20.3. The Balaban J connectivity index is 1.38. The summed E-state index contributed by atoms with van der Waals surface area (Å²) >= 11 is 0. The number of benzene rings is 3. The van der Waals surface area contributed by atoms with Crippen molar-refractivity contribution in [2.24, 2.45) is 11.8 Å². The van der Waals surface area contributed by atoms with E-state index in [0.29, 0.717) is 30.5 Å². The first-order valence-electron chi connectivity index (χ1n) is 12.4. The van der Waals surface area contributed by atoms with Gasteiger partial charge in [0.1, 0.15) is 5.75 Å². The molecule has 1 aliphatic heterocycles. The maximum atomic E-state index is 13.6. The first-order chi connectivity index (χ1) is 18.0. The van der Waals surface area contributed by atoms with Gasteiger partial charge in [0.15, 0.2) is 0 Å². The van der Waals surface area contributed by atoms with Crippen molar-refractivity contribution < 1.29 is 24.3 Å². The summed E-state index contributed by atoms with van der Waals surface area (Å²) in [5, 5.41) is 10.9. The molecule has 37 heavy (non-hydrogen) atoms. The fourth-order valence-electron chi connectivity index (χ4n) is 5.09. The van der Waals surface area contributed by atoms with E-state index in [9.17, 15) is 14.4 Å². The van der Waals surface area contributed by atoms with E-state index in [1.165, 1.54) is 4.90 Å². The van der Waals surface area contributed by atoms with E-state index in [1.54, 1.807) is 35.8 Å². The van der Waals surface area contributed by atoms with E-state index in [4.69, 9.17) is 9.94 Å². The highest BCUT2D eigenvalue weighted by Crippen LogP contribution is 2.35. The maximum Gasteiger partial charge on any atom is 0.274 e. The number of carbonyl (C=O) groups excluding carboxylic acids is 3. The largest absolute Gasteiger partial charge is 0.493 e. The molecule has 0 saturated carbocycles. The Hall–Kier alpha value is -4.23. The number of fused-ring (bicyclic) bond motifs is 2. The molecule has 188 valence electrons. The highest BCUT2D eigenvalue weighted by molar-refractivity contribution is 6.08. The van der Waals surface area contributed by atoms with Crippen LogP contribution in [0.5, 0.6) is 5.75 Å². The van der Waals surface area contributed by atoms with Crippen molar-refractivity contribution >= 4 is 34.6 Å². The molecule has 1 heterocycles. The molecular weight excluding hydrogens is 468 g/mol. The van der Waals surface area contributed by atoms with E-state index >= 15 is 0 Å². The third kappa shape index (κ3) is 5.17. The fourth-order valence-corrected chi connectivity index (χ4v) is 5.09. The number of hydrogen-bond acceptors (Lipinski definition) is 5. The van der Waals surface area contributed by atoms with E-state index < -0.39 is 5.91 Å². The van der Waals surface area contributed by atoms with Crippen LogP contribution in [0.2, 0.25) is 0 Å². The summed E-state index contributed by atoms with van der Waals surface area (Å²) < 4.78 is 6.10. The maximum absolute atomic E-state index is 13.6. The molecule has 2 unspecified atom stereocenters. The highest BCUT2D eigenvalue weighted by Gasteiger charge is 2.43. The fraction of sp³-hybridized carbons (Fsp3) is 0.233. The Labute approximate surface area is 215 Å². The molecule has 0 radical (unpaired) electrons. The molecule has 5 rings (SSSR count). The molecule has 1 fully saturated rings. The Morgan fingerprint density at radius 3 is 2.54 bits per heavy atom. The Morgan fingerprint density at radius 1 is 1.00 bits per heavy atom. The number of likely N-dealkylation sites (tertiary alicyclic amines) is 1. The van der Waals surface area contributed by atoms with Crippen LogP contribution in [-0.4, -0.2) is 41.0 Å². The van der Waals surface area contributed by atoms with Crippen LogP contribution in [0.1, 0.15) is 35.2 Å². The van der Waals surface area contributed by atoms with E-state index in [1.807, 2.05) is 48.5 Å². The van der Waals surface area contributed by atoms with Crippen molar-refractivity contribution in [3.63, 3.8) is 0 Å². The molecule has 3 aromatic carbocycles. The number of rotatable bonds is 7. The normalized spacial score (nSPS) is 19.1. The van der Waals surface area contributed by atoms with Crippen molar-refractivity contribution in [3.05, 3.63) is 95.6 Å². The van der Waals surface area contributed by atoms with Gasteiger partial charge in [-0.2, -0.15) is 0 Å². The standard InChI is InChI=1S/C30H28N2O5/c33-28(31-36)22-14-12-20(13-15-22)18-23(29(34)32-19-24-7-2-4-10-26(24)30(32)35)16-17-37-27-11-5-8-21-6-1-3-9-25(21)27/h1-6,8-9,11-15,18,24,26,36H,7,10,16-17,19H2,(H,31,33). The zero-order valence-electron chi connectivity index (χ0n) is 20.3. The molecule has 2 N–H and O–H groups in total. The van der Waals surface area contributed by atoms with Crippen LogP contribution in [0.3, 0.4) is 0 Å². The molecule has 2 atom stereocenters. The van der Waals surface area contributed by atoms with Gasteiger partial charge in [0.2, 0.25) is 5.91 Å². The van der Waals surface area contributed by atoms with Crippen LogP contribution in [0.4, 0.5) is 0 Å². The second-order valence-corrected chi connectivity index (χ2v) is 9.37. The van der Waals surface area contributed by atoms with Gasteiger partial charge in [-0.25, -0.2) is 5.48 Å². The Kier molecular flexibility index (Phi) is 7.14. The number of imide groups is 1. The average Bonchev–Trinajstić information content (AvgIpc) is 3.28. The minimum atomic E-state index is -0.616. The molecular formula is C30H28N2O5. The van der Waals surface area contributed by atoms with Crippen molar-refractivity contribution in [1.82, 2.24) is 10.4 Å². The van der Waals surface area contributed by atoms with Crippen molar-refractivity contribution in [3.8, 4) is 5.75 Å². The predicted octanol–water partition coefficient (Wildman–Crippen LogP) is 4.76. The van der Waals surface area contributed by atoms with Crippen LogP contribution < -0.4 is 10.2 Å². The summed E-state index contributed by atoms with van der Waals surface area (Å²) in [5.41, 5.74) is 3.06. The number of hydrogen-bond donors (Lipinski definition) is 2. The molecule has 3 aromatic rings. The quantitative estimate of drug-likeness (QED) is 0.213. The predicted molar refractivity (Wildman–Crippen MR) is 140 cm³/mol. The molecule has 1 aliphatic carbocycles. The number of nitrogens with zero attached hydrogens (tertiary/aromatic N) is 1. The highest BCUT2D eigenvalue weighted by atomic mass is 16.5. The molecule has 0 bridgehead atoms. The first kappa shape index (κ1) is 24.5. The second kappa shape index (κ2) is 10.8. The average molecular weight is 497 g/mol. The van der Waals surface area contributed by atoms with Crippen LogP contribution >= 0.6 is 0 Å². The summed E-state index contributed by atoms with van der Waals surface area (Å²) in [4.78, 5) is 39.8. The van der Waals surface area contributed by atoms with Crippen LogP contribution in [0, 0.1) is 11.8 Å². The number of carbonyl (C=O) groups is 3. The number of amides is 3. The molecule has 0 aromatic heterocycles. The van der Waals surface area contributed by atoms with E-state index in [2.05, 4.69) is 6.08 Å². The molecule has 7 nitrogen and oxygen atoms in total. The molecule has 7 heteroatoms. The van der Waals surface area contributed by atoms with Crippen molar-refractivity contribution in [1.29, 1.82) is 0 Å². The second-order valence-electron chi connectivity index (χ2n) is 9.37. The lowest BCUT2D eigenvalue weighted by Crippen LogP contribution is -2.35. The van der Waals surface area contributed by atoms with Gasteiger partial charge in [0.25, 0.3) is 11.8 Å². The lowest BCUT2D eigenvalue weighted by Gasteiger charge is -2.18. The lowest BCUT2D eigenvalue weighted by atomic mass is 9.86. The topological polar surface area (TPSA) is 95.9 Å². The number of hydroxylamine groups is 1. The molecule has 1 saturated heterocycles. The third-order valence-electron chi connectivity index (χ3n) is 7.08.